The van der Waals surface area contributed by atoms with E-state index in [4.69, 9.17) is 9.47 Å². The smallest absolute Gasteiger partial charge is 0.434 e. The molecule has 2 N–H and O–H groups in total. The van der Waals surface area contributed by atoms with Gasteiger partial charge in [0.1, 0.15) is 17.3 Å². The van der Waals surface area contributed by atoms with Crippen LogP contribution in [-0.4, -0.2) is 53.6 Å². The maximum atomic E-state index is 12.8. The quantitative estimate of drug-likeness (QED) is 0.162. The third-order valence-corrected chi connectivity index (χ3v) is 6.07. The van der Waals surface area contributed by atoms with Crippen molar-refractivity contribution < 1.29 is 29.1 Å². The fourth-order valence-electron chi connectivity index (χ4n) is 3.97. The van der Waals surface area contributed by atoms with Gasteiger partial charge in [0.2, 0.25) is 0 Å². The Bertz CT molecular complexity index is 1130. The van der Waals surface area contributed by atoms with Crippen molar-refractivity contribution in [2.45, 2.75) is 52.4 Å². The van der Waals surface area contributed by atoms with Gasteiger partial charge in [0.15, 0.2) is 0 Å². The fourth-order valence-corrected chi connectivity index (χ4v) is 3.97. The molecule has 0 bridgehead atoms. The zero-order valence-corrected chi connectivity index (χ0v) is 21.1. The second-order valence-corrected chi connectivity index (χ2v) is 8.76. The molecule has 0 atom stereocenters. The van der Waals surface area contributed by atoms with Crippen LogP contribution in [0, 0.1) is 6.92 Å². The average Bonchev–Trinajstić information content (AvgIpc) is 3.13. The van der Waals surface area contributed by atoms with Gasteiger partial charge in [-0.3, -0.25) is 9.69 Å². The normalized spacial score (nSPS) is 14.2. The summed E-state index contributed by atoms with van der Waals surface area (Å²) < 4.78 is 10.3. The van der Waals surface area contributed by atoms with Gasteiger partial charge in [-0.05, 0) is 48.1 Å². The number of amidine groups is 1. The molecular formula is C27H33BN2O6. The summed E-state index contributed by atoms with van der Waals surface area (Å²) in [6.07, 6.45) is 7.55. The van der Waals surface area contributed by atoms with E-state index in [9.17, 15) is 19.6 Å². The van der Waals surface area contributed by atoms with E-state index in [0.717, 1.165) is 19.3 Å². The zero-order chi connectivity index (χ0) is 26.1. The second-order valence-electron chi connectivity index (χ2n) is 8.76. The van der Waals surface area contributed by atoms with Gasteiger partial charge in [-0.2, -0.15) is 0 Å². The van der Waals surface area contributed by atoms with Crippen molar-refractivity contribution in [3.63, 3.8) is 0 Å². The Kier molecular flexibility index (Phi) is 9.84. The summed E-state index contributed by atoms with van der Waals surface area (Å²) in [5.41, 5.74) is 2.59. The van der Waals surface area contributed by atoms with Crippen LogP contribution in [0.2, 0.25) is 0 Å². The van der Waals surface area contributed by atoms with E-state index in [1.807, 2.05) is 0 Å². The molecule has 1 aliphatic rings. The summed E-state index contributed by atoms with van der Waals surface area (Å²) in [5, 5.41) is 19.2. The summed E-state index contributed by atoms with van der Waals surface area (Å²) in [6, 6.07) is 11.8. The molecule has 9 heteroatoms. The van der Waals surface area contributed by atoms with Crippen LogP contribution in [-0.2, 0) is 9.53 Å². The van der Waals surface area contributed by atoms with Gasteiger partial charge < -0.3 is 19.5 Å². The average molecular weight is 492 g/mol. The number of hydrogen-bond donors (Lipinski definition) is 2. The van der Waals surface area contributed by atoms with Gasteiger partial charge >= 0.3 is 13.3 Å². The third-order valence-electron chi connectivity index (χ3n) is 6.07. The number of carbonyl (C=O) groups excluding carboxylic acids is 2. The lowest BCUT2D eigenvalue weighted by Crippen LogP contribution is -2.35. The highest BCUT2D eigenvalue weighted by Crippen LogP contribution is 2.23. The van der Waals surface area contributed by atoms with E-state index in [-0.39, 0.29) is 11.6 Å². The summed E-state index contributed by atoms with van der Waals surface area (Å²) in [6.45, 7) is 4.27. The summed E-state index contributed by atoms with van der Waals surface area (Å²) in [7, 11) is 0.00796. The molecule has 0 aliphatic carbocycles. The molecule has 190 valence electrons. The Morgan fingerprint density at radius 1 is 1.06 bits per heavy atom. The van der Waals surface area contributed by atoms with Crippen LogP contribution in [0.5, 0.6) is 5.75 Å². The minimum atomic E-state index is -1.61. The van der Waals surface area contributed by atoms with Crippen LogP contribution >= 0.6 is 0 Å². The highest BCUT2D eigenvalue weighted by molar-refractivity contribution is 6.59. The maximum absolute atomic E-state index is 12.8. The van der Waals surface area contributed by atoms with E-state index in [1.165, 1.54) is 24.2 Å². The van der Waals surface area contributed by atoms with Gasteiger partial charge in [-0.1, -0.05) is 69.4 Å². The van der Waals surface area contributed by atoms with E-state index >= 15 is 0 Å². The Hall–Kier alpha value is -3.43. The van der Waals surface area contributed by atoms with Gasteiger partial charge in [0.25, 0.3) is 5.91 Å². The van der Waals surface area contributed by atoms with Crippen LogP contribution in [0.1, 0.15) is 62.1 Å². The Labute approximate surface area is 212 Å². The number of amides is 1. The largest absolute Gasteiger partial charge is 0.513 e. The van der Waals surface area contributed by atoms with Crippen LogP contribution in [0.15, 0.2) is 53.2 Å². The number of aliphatic imine (C=N–C) groups is 1. The highest BCUT2D eigenvalue weighted by atomic mass is 16.7. The predicted molar refractivity (Wildman–Crippen MR) is 140 cm³/mol. The van der Waals surface area contributed by atoms with Crippen molar-refractivity contribution in [2.24, 2.45) is 4.99 Å². The minimum Gasteiger partial charge on any atom is -0.434 e. The van der Waals surface area contributed by atoms with E-state index in [1.54, 1.807) is 62.5 Å². The third kappa shape index (κ3) is 7.05. The van der Waals surface area contributed by atoms with Crippen LogP contribution < -0.4 is 10.2 Å². The molecule has 0 spiro atoms. The summed E-state index contributed by atoms with van der Waals surface area (Å²) >= 11 is 0. The van der Waals surface area contributed by atoms with Crippen molar-refractivity contribution in [1.29, 1.82) is 0 Å². The van der Waals surface area contributed by atoms with Crippen LogP contribution in [0.25, 0.3) is 6.08 Å². The molecule has 0 fully saturated rings. The monoisotopic (exact) mass is 492 g/mol. The molecule has 0 saturated carbocycles. The number of carbonyl (C=O) groups is 2. The number of nitrogens with zero attached hydrogens (tertiary/aromatic N) is 2. The number of unbranched alkanes of at least 4 members (excludes halogenated alkanes) is 5. The molecule has 1 aliphatic heterocycles. The molecule has 36 heavy (non-hydrogen) atoms. The fraction of sp³-hybridized carbons (Fsp3) is 0.370. The van der Waals surface area contributed by atoms with Crippen LogP contribution in [0.3, 0.4) is 0 Å². The zero-order valence-electron chi connectivity index (χ0n) is 21.1. The Morgan fingerprint density at radius 3 is 2.44 bits per heavy atom. The molecule has 8 nitrogen and oxygen atoms in total. The lowest BCUT2D eigenvalue weighted by molar-refractivity contribution is -0.121. The predicted octanol–water partition coefficient (Wildman–Crippen LogP) is 3.81. The van der Waals surface area contributed by atoms with E-state index in [2.05, 4.69) is 11.9 Å². The van der Waals surface area contributed by atoms with E-state index in [0.29, 0.717) is 40.3 Å². The number of benzene rings is 2. The lowest BCUT2D eigenvalue weighted by atomic mass is 9.76. The molecule has 1 heterocycles. The highest BCUT2D eigenvalue weighted by Gasteiger charge is 2.30. The van der Waals surface area contributed by atoms with Gasteiger partial charge in [0, 0.05) is 12.6 Å². The molecule has 0 unspecified atom stereocenters. The minimum absolute atomic E-state index is 0.244. The standard InChI is InChI=1S/C27H33BN2O6/c1-4-5-6-7-8-9-17-35-27(32)36-21-15-13-20(14-16-21)18-24-26(31)30(3)25(29-24)22-11-10-12-23(19(22)2)28(33)34/h10-16,18,33-34H,4-9,17H2,1-3H3/b24-18-. The second kappa shape index (κ2) is 13.0. The maximum Gasteiger partial charge on any atom is 0.513 e. The first kappa shape index (κ1) is 27.2. The molecule has 0 saturated heterocycles. The molecule has 2 aromatic carbocycles. The first-order valence-corrected chi connectivity index (χ1v) is 12.3. The molecule has 1 amide bonds. The molecule has 2 aromatic rings. The lowest BCUT2D eigenvalue weighted by Gasteiger charge is -2.15. The van der Waals surface area contributed by atoms with Gasteiger partial charge in [-0.15, -0.1) is 0 Å². The number of rotatable bonds is 11. The first-order chi connectivity index (χ1) is 17.3. The van der Waals surface area contributed by atoms with Crippen molar-refractivity contribution in [3.05, 3.63) is 64.9 Å². The number of likely N-dealkylation sites (N-methyl/N-ethyl adjacent to an activating group) is 1. The summed E-state index contributed by atoms with van der Waals surface area (Å²) in [5.74, 6) is 0.497. The molecule has 3 rings (SSSR count). The van der Waals surface area contributed by atoms with Gasteiger partial charge in [-0.25, -0.2) is 9.79 Å². The van der Waals surface area contributed by atoms with E-state index < -0.39 is 13.3 Å². The van der Waals surface area contributed by atoms with Gasteiger partial charge in [0.05, 0.1) is 6.61 Å². The van der Waals surface area contributed by atoms with Crippen molar-refractivity contribution >= 4 is 36.6 Å². The number of ether oxygens (including phenoxy) is 2. The van der Waals surface area contributed by atoms with Crippen molar-refractivity contribution in [1.82, 2.24) is 4.90 Å². The topological polar surface area (TPSA) is 109 Å². The van der Waals surface area contributed by atoms with Crippen LogP contribution in [0.4, 0.5) is 4.79 Å². The first-order valence-electron chi connectivity index (χ1n) is 12.3. The Balaban J connectivity index is 1.61. The SMILES string of the molecule is CCCCCCCCOC(=O)Oc1ccc(/C=C2\N=C(c3cccc(B(O)O)c3C)N(C)C2=O)cc1. The van der Waals surface area contributed by atoms with Crippen molar-refractivity contribution in [2.75, 3.05) is 13.7 Å². The molecule has 0 radical (unpaired) electrons. The van der Waals surface area contributed by atoms with Crippen molar-refractivity contribution in [3.8, 4) is 5.75 Å². The molecule has 0 aromatic heterocycles. The summed E-state index contributed by atoms with van der Waals surface area (Å²) in [4.78, 5) is 30.6. The number of hydrogen-bond acceptors (Lipinski definition) is 7. The Morgan fingerprint density at radius 2 is 1.75 bits per heavy atom. The molecular weight excluding hydrogens is 459 g/mol.